The predicted molar refractivity (Wildman–Crippen MR) is 134 cm³/mol. The van der Waals surface area contributed by atoms with Crippen molar-refractivity contribution in [1.29, 1.82) is 0 Å². The number of carbonyl (C=O) groups is 2. The Kier molecular flexibility index (Phi) is 7.03. The summed E-state index contributed by atoms with van der Waals surface area (Å²) in [6.07, 6.45) is 1.71. The molecule has 1 fully saturated rings. The van der Waals surface area contributed by atoms with Crippen LogP contribution in [0.1, 0.15) is 43.0 Å². The number of benzene rings is 3. The molecule has 1 saturated heterocycles. The van der Waals surface area contributed by atoms with E-state index >= 15 is 0 Å². The Morgan fingerprint density at radius 2 is 1.74 bits per heavy atom. The van der Waals surface area contributed by atoms with E-state index in [0.717, 1.165) is 24.0 Å². The summed E-state index contributed by atoms with van der Waals surface area (Å²) in [4.78, 5) is 28.0. The van der Waals surface area contributed by atoms with Crippen LogP contribution in [0.4, 0.5) is 5.69 Å². The lowest BCUT2D eigenvalue weighted by molar-refractivity contribution is -0.132. The standard InChI is InChI=1S/C28H26ClNO4/c1-3-15-34-23-10-6-9-22(17-23)30-25(19-13-11-18(4-2)12-14-19)24(27(32)28(30)33)26(31)20-7-5-8-21(29)16-20/h5-14,16-17,25,31H,3-4,15H2,1-2H3/b26-24+. The summed E-state index contributed by atoms with van der Waals surface area (Å²) in [7, 11) is 0. The molecule has 6 heteroatoms. The zero-order chi connectivity index (χ0) is 24.2. The van der Waals surface area contributed by atoms with Crippen molar-refractivity contribution < 1.29 is 19.4 Å². The maximum absolute atomic E-state index is 13.3. The molecule has 5 nitrogen and oxygen atoms in total. The Hall–Kier alpha value is -3.57. The lowest BCUT2D eigenvalue weighted by Crippen LogP contribution is -2.29. The normalized spacial score (nSPS) is 17.3. The third-order valence-corrected chi connectivity index (χ3v) is 6.05. The number of rotatable bonds is 7. The largest absolute Gasteiger partial charge is 0.507 e. The van der Waals surface area contributed by atoms with Crippen molar-refractivity contribution in [1.82, 2.24) is 0 Å². The molecule has 1 amide bonds. The summed E-state index contributed by atoms with van der Waals surface area (Å²) < 4.78 is 5.75. The van der Waals surface area contributed by atoms with Crippen LogP contribution in [-0.2, 0) is 16.0 Å². The second-order valence-electron chi connectivity index (χ2n) is 8.12. The molecule has 34 heavy (non-hydrogen) atoms. The SMILES string of the molecule is CCCOc1cccc(N2C(=O)C(=O)/C(=C(/O)c3cccc(Cl)c3)C2c2ccc(CC)cc2)c1. The van der Waals surface area contributed by atoms with Gasteiger partial charge in [0, 0.05) is 22.3 Å². The number of nitrogens with zero attached hydrogens (tertiary/aromatic N) is 1. The van der Waals surface area contributed by atoms with Crippen molar-refractivity contribution >= 4 is 34.7 Å². The number of hydrogen-bond acceptors (Lipinski definition) is 4. The van der Waals surface area contributed by atoms with E-state index in [1.807, 2.05) is 37.3 Å². The minimum Gasteiger partial charge on any atom is -0.507 e. The predicted octanol–water partition coefficient (Wildman–Crippen LogP) is 6.32. The van der Waals surface area contributed by atoms with Gasteiger partial charge in [-0.3, -0.25) is 14.5 Å². The van der Waals surface area contributed by atoms with Gasteiger partial charge in [0.2, 0.25) is 0 Å². The van der Waals surface area contributed by atoms with Gasteiger partial charge in [0.15, 0.2) is 0 Å². The molecule has 0 saturated carbocycles. The number of aliphatic hydroxyl groups excluding tert-OH is 1. The molecule has 0 aliphatic carbocycles. The van der Waals surface area contributed by atoms with E-state index < -0.39 is 17.7 Å². The summed E-state index contributed by atoms with van der Waals surface area (Å²) >= 11 is 6.12. The summed E-state index contributed by atoms with van der Waals surface area (Å²) in [6.45, 7) is 4.61. The van der Waals surface area contributed by atoms with E-state index in [1.54, 1.807) is 42.5 Å². The van der Waals surface area contributed by atoms with Gasteiger partial charge in [0.1, 0.15) is 11.5 Å². The molecule has 0 aromatic heterocycles. The average Bonchev–Trinajstić information content (AvgIpc) is 3.12. The molecule has 1 unspecified atom stereocenters. The fourth-order valence-electron chi connectivity index (χ4n) is 4.08. The van der Waals surface area contributed by atoms with Crippen LogP contribution in [0.25, 0.3) is 5.76 Å². The van der Waals surface area contributed by atoms with Crippen molar-refractivity contribution in [2.45, 2.75) is 32.7 Å². The van der Waals surface area contributed by atoms with Crippen molar-refractivity contribution in [2.24, 2.45) is 0 Å². The van der Waals surface area contributed by atoms with Gasteiger partial charge >= 0.3 is 0 Å². The Bertz CT molecular complexity index is 1250. The summed E-state index contributed by atoms with van der Waals surface area (Å²) in [5, 5.41) is 11.6. The number of aryl methyl sites for hydroxylation is 1. The molecule has 1 atom stereocenters. The first-order chi connectivity index (χ1) is 16.4. The lowest BCUT2D eigenvalue weighted by Gasteiger charge is -2.26. The zero-order valence-corrected chi connectivity index (χ0v) is 19.9. The van der Waals surface area contributed by atoms with E-state index in [4.69, 9.17) is 16.3 Å². The summed E-state index contributed by atoms with van der Waals surface area (Å²) in [5.41, 5.74) is 2.77. The van der Waals surface area contributed by atoms with E-state index in [-0.39, 0.29) is 11.3 Å². The maximum Gasteiger partial charge on any atom is 0.300 e. The fraction of sp³-hybridized carbons (Fsp3) is 0.214. The number of amides is 1. The Morgan fingerprint density at radius 1 is 1.00 bits per heavy atom. The van der Waals surface area contributed by atoms with E-state index in [2.05, 4.69) is 6.92 Å². The van der Waals surface area contributed by atoms with E-state index in [9.17, 15) is 14.7 Å². The van der Waals surface area contributed by atoms with Crippen LogP contribution in [0, 0.1) is 0 Å². The van der Waals surface area contributed by atoms with Crippen LogP contribution >= 0.6 is 11.6 Å². The van der Waals surface area contributed by atoms with Gasteiger partial charge in [0.05, 0.1) is 18.2 Å². The first kappa shape index (κ1) is 23.6. The quantitative estimate of drug-likeness (QED) is 0.247. The van der Waals surface area contributed by atoms with Crippen molar-refractivity contribution in [3.63, 3.8) is 0 Å². The summed E-state index contributed by atoms with van der Waals surface area (Å²) in [5.74, 6) is -1.11. The number of Topliss-reactive ketones (excluding diaryl/α,β-unsaturated/α-hetero) is 1. The molecule has 1 N–H and O–H groups in total. The molecule has 4 rings (SSSR count). The van der Waals surface area contributed by atoms with Gasteiger partial charge in [-0.05, 0) is 48.2 Å². The Balaban J connectivity index is 1.89. The number of hydrogen-bond donors (Lipinski definition) is 1. The lowest BCUT2D eigenvalue weighted by atomic mass is 9.94. The molecule has 1 heterocycles. The Morgan fingerprint density at radius 3 is 2.41 bits per heavy atom. The number of anilines is 1. The van der Waals surface area contributed by atoms with Crippen LogP contribution < -0.4 is 9.64 Å². The molecule has 1 aliphatic rings. The van der Waals surface area contributed by atoms with Crippen LogP contribution in [0.15, 0.2) is 78.4 Å². The van der Waals surface area contributed by atoms with Gasteiger partial charge in [-0.2, -0.15) is 0 Å². The Labute approximate surface area is 204 Å². The highest BCUT2D eigenvalue weighted by Crippen LogP contribution is 2.43. The minimum atomic E-state index is -0.800. The topological polar surface area (TPSA) is 66.8 Å². The van der Waals surface area contributed by atoms with Crippen LogP contribution in [0.3, 0.4) is 0 Å². The van der Waals surface area contributed by atoms with Crippen molar-refractivity contribution in [3.8, 4) is 5.75 Å². The van der Waals surface area contributed by atoms with Gasteiger partial charge in [0.25, 0.3) is 11.7 Å². The summed E-state index contributed by atoms with van der Waals surface area (Å²) in [6, 6.07) is 20.6. The molecule has 0 spiro atoms. The van der Waals surface area contributed by atoms with Gasteiger partial charge in [-0.25, -0.2) is 0 Å². The fourth-order valence-corrected chi connectivity index (χ4v) is 4.27. The number of ether oxygens (including phenoxy) is 1. The van der Waals surface area contributed by atoms with Crippen LogP contribution in [0.5, 0.6) is 5.75 Å². The molecule has 0 radical (unpaired) electrons. The molecule has 1 aliphatic heterocycles. The second kappa shape index (κ2) is 10.1. The van der Waals surface area contributed by atoms with Gasteiger partial charge < -0.3 is 9.84 Å². The molecule has 0 bridgehead atoms. The number of carbonyl (C=O) groups excluding carboxylic acids is 2. The average molecular weight is 476 g/mol. The molecule has 174 valence electrons. The van der Waals surface area contributed by atoms with Crippen LogP contribution in [-0.4, -0.2) is 23.4 Å². The third kappa shape index (κ3) is 4.57. The molecule has 3 aromatic rings. The van der Waals surface area contributed by atoms with Gasteiger partial charge in [-0.15, -0.1) is 0 Å². The van der Waals surface area contributed by atoms with E-state index in [1.165, 1.54) is 4.90 Å². The van der Waals surface area contributed by atoms with E-state index in [0.29, 0.717) is 28.6 Å². The first-order valence-electron chi connectivity index (χ1n) is 11.3. The number of halogens is 1. The van der Waals surface area contributed by atoms with Crippen molar-refractivity contribution in [3.05, 3.63) is 100 Å². The molecular formula is C28H26ClNO4. The maximum atomic E-state index is 13.3. The molecule has 3 aromatic carbocycles. The van der Waals surface area contributed by atoms with Crippen molar-refractivity contribution in [2.75, 3.05) is 11.5 Å². The second-order valence-corrected chi connectivity index (χ2v) is 8.56. The smallest absolute Gasteiger partial charge is 0.300 e. The first-order valence-corrected chi connectivity index (χ1v) is 11.7. The highest BCUT2D eigenvalue weighted by Gasteiger charge is 2.47. The third-order valence-electron chi connectivity index (χ3n) is 5.81. The number of aliphatic hydroxyl groups is 1. The minimum absolute atomic E-state index is 0.0244. The number of ketones is 1. The highest BCUT2D eigenvalue weighted by atomic mass is 35.5. The van der Waals surface area contributed by atoms with Crippen LogP contribution in [0.2, 0.25) is 5.02 Å². The highest BCUT2D eigenvalue weighted by molar-refractivity contribution is 6.51. The molecular weight excluding hydrogens is 450 g/mol. The zero-order valence-electron chi connectivity index (χ0n) is 19.1. The monoisotopic (exact) mass is 475 g/mol. The van der Waals surface area contributed by atoms with Gasteiger partial charge in [-0.1, -0.05) is 67.9 Å².